The van der Waals surface area contributed by atoms with Crippen molar-refractivity contribution in [3.05, 3.63) is 11.8 Å². The molecule has 1 aromatic heterocycles. The Balaban J connectivity index is 1.37. The van der Waals surface area contributed by atoms with Crippen LogP contribution in [0.2, 0.25) is 0 Å². The summed E-state index contributed by atoms with van der Waals surface area (Å²) in [5.74, 6) is 0.963. The van der Waals surface area contributed by atoms with E-state index in [2.05, 4.69) is 15.5 Å². The summed E-state index contributed by atoms with van der Waals surface area (Å²) in [5.41, 5.74) is 1.10. The van der Waals surface area contributed by atoms with Crippen LogP contribution in [0.4, 0.5) is 0 Å². The average molecular weight is 307 g/mol. The zero-order chi connectivity index (χ0) is 14.4. The third-order valence-corrected chi connectivity index (χ3v) is 5.96. The number of ether oxygens (including phenoxy) is 1. The Labute approximate surface area is 129 Å². The Bertz CT molecular complexity index is 559. The number of hydrogen-bond acceptors (Lipinski definition) is 5. The van der Waals surface area contributed by atoms with E-state index in [0.29, 0.717) is 18.9 Å². The Kier molecular flexibility index (Phi) is 3.35. The topological polar surface area (TPSA) is 47.4 Å². The molecule has 5 nitrogen and oxygen atoms in total. The molecule has 0 N–H and O–H groups in total. The van der Waals surface area contributed by atoms with Crippen molar-refractivity contribution in [1.82, 2.24) is 14.1 Å². The van der Waals surface area contributed by atoms with Crippen LogP contribution >= 0.6 is 11.9 Å². The van der Waals surface area contributed by atoms with Gasteiger partial charge in [-0.05, 0) is 43.7 Å². The summed E-state index contributed by atoms with van der Waals surface area (Å²) in [5, 5.41) is 5.84. The lowest BCUT2D eigenvalue weighted by molar-refractivity contribution is -0.117. The molecule has 21 heavy (non-hydrogen) atoms. The minimum absolute atomic E-state index is 0.153. The summed E-state index contributed by atoms with van der Waals surface area (Å²) < 4.78 is 10.1. The van der Waals surface area contributed by atoms with Gasteiger partial charge in [-0.3, -0.25) is 9.48 Å². The Morgan fingerprint density at radius 3 is 2.76 bits per heavy atom. The maximum Gasteiger partial charge on any atom is 0.161 e. The lowest BCUT2D eigenvalue weighted by atomic mass is 9.89. The van der Waals surface area contributed by atoms with Gasteiger partial charge in [-0.25, -0.2) is 4.31 Å². The third kappa shape index (κ3) is 2.76. The van der Waals surface area contributed by atoms with Crippen LogP contribution in [-0.2, 0) is 16.6 Å². The molecule has 1 aliphatic carbocycles. The zero-order valence-electron chi connectivity index (χ0n) is 12.4. The summed E-state index contributed by atoms with van der Waals surface area (Å²) in [7, 11) is 2.03. The third-order valence-electron chi connectivity index (χ3n) is 4.77. The summed E-state index contributed by atoms with van der Waals surface area (Å²) >= 11 is 1.79. The van der Waals surface area contributed by atoms with E-state index in [4.69, 9.17) is 4.74 Å². The molecular formula is C15H21N3O2S. The van der Waals surface area contributed by atoms with Crippen molar-refractivity contribution in [3.8, 4) is 0 Å². The maximum absolute atomic E-state index is 11.5. The van der Waals surface area contributed by atoms with Gasteiger partial charge < -0.3 is 4.74 Å². The smallest absolute Gasteiger partial charge is 0.161 e. The number of hydrogen-bond donors (Lipinski definition) is 0. The lowest BCUT2D eigenvalue weighted by Crippen LogP contribution is -2.41. The molecule has 2 saturated heterocycles. The number of nitrogens with zero attached hydrogens (tertiary/aromatic N) is 3. The van der Waals surface area contributed by atoms with Crippen LogP contribution in [0.15, 0.2) is 11.1 Å². The molecule has 0 aromatic carbocycles. The largest absolute Gasteiger partial charge is 0.367 e. The summed E-state index contributed by atoms with van der Waals surface area (Å²) in [6.07, 6.45) is 5.11. The summed E-state index contributed by atoms with van der Waals surface area (Å²) in [6.45, 7) is 2.27. The van der Waals surface area contributed by atoms with E-state index in [9.17, 15) is 4.79 Å². The normalized spacial score (nSPS) is 25.9. The minimum Gasteiger partial charge on any atom is -0.367 e. The number of rotatable bonds is 3. The molecule has 3 fully saturated rings. The highest BCUT2D eigenvalue weighted by atomic mass is 32.2. The van der Waals surface area contributed by atoms with Crippen LogP contribution in [0.25, 0.3) is 0 Å². The SMILES string of the molecule is Cn1nc(C2CC2)cc1SN1CCC2(CC1)CC(=O)CO2. The second kappa shape index (κ2) is 5.11. The Hall–Kier alpha value is -0.850. The van der Waals surface area contributed by atoms with Gasteiger partial charge in [-0.1, -0.05) is 0 Å². The molecule has 114 valence electrons. The molecule has 3 aliphatic rings. The quantitative estimate of drug-likeness (QED) is 0.801. The highest BCUT2D eigenvalue weighted by Gasteiger charge is 2.42. The first-order chi connectivity index (χ1) is 10.1. The van der Waals surface area contributed by atoms with Crippen molar-refractivity contribution in [2.75, 3.05) is 19.7 Å². The van der Waals surface area contributed by atoms with Crippen LogP contribution in [0.3, 0.4) is 0 Å². The average Bonchev–Trinajstić information content (AvgIpc) is 3.17. The molecule has 0 unspecified atom stereocenters. The standard InChI is InChI=1S/C15H21N3O2S/c1-17-14(8-13(16-17)11-2-3-11)21-18-6-4-15(5-7-18)9-12(19)10-20-15/h8,11H,2-7,9-10H2,1H3. The zero-order valence-corrected chi connectivity index (χ0v) is 13.2. The van der Waals surface area contributed by atoms with Crippen LogP contribution in [0.1, 0.15) is 43.7 Å². The maximum atomic E-state index is 11.5. The number of aromatic nitrogens is 2. The van der Waals surface area contributed by atoms with Gasteiger partial charge >= 0.3 is 0 Å². The molecule has 1 aromatic rings. The molecule has 2 aliphatic heterocycles. The molecular weight excluding hydrogens is 286 g/mol. The second-order valence-electron chi connectivity index (χ2n) is 6.51. The molecule has 0 bridgehead atoms. The molecule has 6 heteroatoms. The van der Waals surface area contributed by atoms with E-state index in [1.807, 2.05) is 11.7 Å². The molecule has 4 rings (SSSR count). The van der Waals surface area contributed by atoms with Gasteiger partial charge in [-0.15, -0.1) is 0 Å². The number of Topliss-reactive ketones (excluding diaryl/α,β-unsaturated/α-hetero) is 1. The predicted octanol–water partition coefficient (Wildman–Crippen LogP) is 2.13. The van der Waals surface area contributed by atoms with E-state index < -0.39 is 0 Å². The van der Waals surface area contributed by atoms with Crippen LogP contribution in [0.5, 0.6) is 0 Å². The molecule has 1 saturated carbocycles. The van der Waals surface area contributed by atoms with E-state index in [0.717, 1.165) is 25.9 Å². The van der Waals surface area contributed by atoms with Crippen molar-refractivity contribution in [3.63, 3.8) is 0 Å². The van der Waals surface area contributed by atoms with Crippen LogP contribution < -0.4 is 0 Å². The molecule has 0 atom stereocenters. The van der Waals surface area contributed by atoms with Gasteiger partial charge in [0.2, 0.25) is 0 Å². The van der Waals surface area contributed by atoms with E-state index in [1.54, 1.807) is 11.9 Å². The fourth-order valence-corrected chi connectivity index (χ4v) is 4.23. The van der Waals surface area contributed by atoms with Gasteiger partial charge in [-0.2, -0.15) is 5.10 Å². The molecule has 1 spiro atoms. The molecule has 3 heterocycles. The first-order valence-electron chi connectivity index (χ1n) is 7.76. The second-order valence-corrected chi connectivity index (χ2v) is 7.63. The lowest BCUT2D eigenvalue weighted by Gasteiger charge is -2.37. The van der Waals surface area contributed by atoms with Crippen LogP contribution in [0, 0.1) is 0 Å². The van der Waals surface area contributed by atoms with Gasteiger partial charge in [0.15, 0.2) is 5.78 Å². The van der Waals surface area contributed by atoms with Crippen molar-refractivity contribution in [2.45, 2.75) is 48.6 Å². The summed E-state index contributed by atoms with van der Waals surface area (Å²) in [4.78, 5) is 11.5. The van der Waals surface area contributed by atoms with Gasteiger partial charge in [0, 0.05) is 32.5 Å². The van der Waals surface area contributed by atoms with Crippen molar-refractivity contribution < 1.29 is 9.53 Å². The van der Waals surface area contributed by atoms with Crippen molar-refractivity contribution >= 4 is 17.7 Å². The number of carbonyl (C=O) groups excluding carboxylic acids is 1. The Morgan fingerprint density at radius 2 is 2.14 bits per heavy atom. The van der Waals surface area contributed by atoms with Crippen molar-refractivity contribution in [2.24, 2.45) is 7.05 Å². The fraction of sp³-hybridized carbons (Fsp3) is 0.733. The number of ketones is 1. The van der Waals surface area contributed by atoms with Crippen LogP contribution in [-0.4, -0.2) is 45.2 Å². The molecule has 0 radical (unpaired) electrons. The van der Waals surface area contributed by atoms with Gasteiger partial charge in [0.05, 0.1) is 11.3 Å². The monoisotopic (exact) mass is 307 g/mol. The van der Waals surface area contributed by atoms with E-state index in [-0.39, 0.29) is 11.4 Å². The van der Waals surface area contributed by atoms with E-state index >= 15 is 0 Å². The van der Waals surface area contributed by atoms with Crippen molar-refractivity contribution in [1.29, 1.82) is 0 Å². The first kappa shape index (κ1) is 13.8. The first-order valence-corrected chi connectivity index (χ1v) is 8.53. The van der Waals surface area contributed by atoms with Gasteiger partial charge in [0.25, 0.3) is 0 Å². The van der Waals surface area contributed by atoms with Gasteiger partial charge in [0.1, 0.15) is 11.6 Å². The summed E-state index contributed by atoms with van der Waals surface area (Å²) in [6, 6.07) is 2.24. The minimum atomic E-state index is -0.153. The number of carbonyl (C=O) groups is 1. The molecule has 0 amide bonds. The Morgan fingerprint density at radius 1 is 1.38 bits per heavy atom. The van der Waals surface area contributed by atoms with E-state index in [1.165, 1.54) is 23.6 Å². The highest BCUT2D eigenvalue weighted by molar-refractivity contribution is 7.97. The fourth-order valence-electron chi connectivity index (χ4n) is 3.27. The highest BCUT2D eigenvalue weighted by Crippen LogP contribution is 2.41. The number of piperidine rings is 1. The predicted molar refractivity (Wildman–Crippen MR) is 80.2 cm³/mol. The number of aryl methyl sites for hydroxylation is 1.